The number of amides is 2. The van der Waals surface area contributed by atoms with E-state index >= 15 is 0 Å². The summed E-state index contributed by atoms with van der Waals surface area (Å²) in [4.78, 5) is 11.0. The topological polar surface area (TPSA) is 78.4 Å². The molecule has 0 heterocycles. The summed E-state index contributed by atoms with van der Waals surface area (Å²) in [5, 5.41) is 2.55. The van der Waals surface area contributed by atoms with Crippen LogP contribution in [0.4, 0.5) is 4.79 Å². The maximum Gasteiger partial charge on any atom is 0.328 e. The molecule has 0 aliphatic heterocycles. The van der Waals surface area contributed by atoms with E-state index in [2.05, 4.69) is 12.2 Å². The van der Waals surface area contributed by atoms with E-state index in [9.17, 15) is 9.00 Å². The summed E-state index contributed by atoms with van der Waals surface area (Å²) in [6.45, 7) is 2.81. The SMILES string of the molecule is CCCCCCCCCCCCCCCCNC(=O)NS(=O)O. The fourth-order valence-electron chi connectivity index (χ4n) is 2.64. The summed E-state index contributed by atoms with van der Waals surface area (Å²) in [5.74, 6) is 0. The summed E-state index contributed by atoms with van der Waals surface area (Å²) in [6, 6.07) is -0.583. The monoisotopic (exact) mass is 348 g/mol. The zero-order chi connectivity index (χ0) is 17.2. The molecule has 0 saturated carbocycles. The lowest BCUT2D eigenvalue weighted by Gasteiger charge is -2.05. The highest BCUT2D eigenvalue weighted by atomic mass is 32.2. The highest BCUT2D eigenvalue weighted by Gasteiger charge is 2.01. The van der Waals surface area contributed by atoms with Gasteiger partial charge in [-0.15, -0.1) is 0 Å². The third-order valence-corrected chi connectivity index (χ3v) is 4.36. The third-order valence-electron chi connectivity index (χ3n) is 4.00. The lowest BCUT2D eigenvalue weighted by atomic mass is 10.0. The molecule has 138 valence electrons. The lowest BCUT2D eigenvalue weighted by molar-refractivity contribution is 0.245. The molecule has 0 saturated heterocycles. The molecule has 0 radical (unpaired) electrons. The van der Waals surface area contributed by atoms with Gasteiger partial charge in [-0.05, 0) is 6.42 Å². The standard InChI is InChI=1S/C17H36N2O3S/c1-2-3-4-5-6-7-8-9-10-11-12-13-14-15-16-18-17(20)19-23(21)22/h2-16H2,1H3,(H,21,22)(H2,18,19,20). The van der Waals surface area contributed by atoms with Crippen LogP contribution in [0.25, 0.3) is 0 Å². The van der Waals surface area contributed by atoms with Gasteiger partial charge in [0.25, 0.3) is 11.3 Å². The van der Waals surface area contributed by atoms with Crippen molar-refractivity contribution in [2.45, 2.75) is 96.8 Å². The molecule has 2 amide bonds. The predicted molar refractivity (Wildman–Crippen MR) is 97.6 cm³/mol. The molecule has 0 spiro atoms. The minimum atomic E-state index is -2.28. The molecule has 23 heavy (non-hydrogen) atoms. The van der Waals surface area contributed by atoms with Gasteiger partial charge in [0, 0.05) is 6.54 Å². The summed E-state index contributed by atoms with van der Waals surface area (Å²) in [7, 11) is 0. The van der Waals surface area contributed by atoms with Crippen molar-refractivity contribution < 1.29 is 13.6 Å². The number of urea groups is 1. The summed E-state index contributed by atoms with van der Waals surface area (Å²) < 4.78 is 20.6. The van der Waals surface area contributed by atoms with Gasteiger partial charge in [-0.2, -0.15) is 0 Å². The smallest absolute Gasteiger partial charge is 0.328 e. The molecule has 0 aliphatic rings. The second-order valence-corrected chi connectivity index (χ2v) is 6.91. The van der Waals surface area contributed by atoms with Crippen LogP contribution in [-0.2, 0) is 11.3 Å². The van der Waals surface area contributed by atoms with Crippen LogP contribution in [0.5, 0.6) is 0 Å². The van der Waals surface area contributed by atoms with Crippen molar-refractivity contribution in [1.82, 2.24) is 10.0 Å². The number of unbranched alkanes of at least 4 members (excludes halogenated alkanes) is 13. The number of hydrogen-bond acceptors (Lipinski definition) is 2. The molecule has 0 aromatic carbocycles. The quantitative estimate of drug-likeness (QED) is 0.274. The Balaban J connectivity index is 3.08. The van der Waals surface area contributed by atoms with E-state index in [1.165, 1.54) is 77.0 Å². The van der Waals surface area contributed by atoms with Crippen LogP contribution in [0.15, 0.2) is 0 Å². The molecular formula is C17H36N2O3S. The Morgan fingerprint density at radius 3 is 1.57 bits per heavy atom. The van der Waals surface area contributed by atoms with Crippen LogP contribution >= 0.6 is 0 Å². The first-order chi connectivity index (χ1) is 11.2. The normalized spacial score (nSPS) is 12.1. The van der Waals surface area contributed by atoms with Gasteiger partial charge in [0.2, 0.25) is 0 Å². The van der Waals surface area contributed by atoms with E-state index in [4.69, 9.17) is 4.55 Å². The van der Waals surface area contributed by atoms with Gasteiger partial charge in [0.05, 0.1) is 0 Å². The average molecular weight is 349 g/mol. The number of rotatable bonds is 16. The Hall–Kier alpha value is -0.620. The zero-order valence-electron chi connectivity index (χ0n) is 14.8. The minimum absolute atomic E-state index is 0.557. The maximum absolute atomic E-state index is 11.0. The molecule has 0 fully saturated rings. The third kappa shape index (κ3) is 19.3. The zero-order valence-corrected chi connectivity index (χ0v) is 15.6. The predicted octanol–water partition coefficient (Wildman–Crippen LogP) is 4.90. The van der Waals surface area contributed by atoms with E-state index < -0.39 is 17.3 Å². The van der Waals surface area contributed by atoms with Crippen molar-refractivity contribution in [2.75, 3.05) is 6.54 Å². The fraction of sp³-hybridized carbons (Fsp3) is 0.941. The van der Waals surface area contributed by atoms with E-state index in [1.54, 1.807) is 0 Å². The molecule has 1 unspecified atom stereocenters. The lowest BCUT2D eigenvalue weighted by Crippen LogP contribution is -2.36. The van der Waals surface area contributed by atoms with Crippen molar-refractivity contribution >= 4 is 17.3 Å². The second-order valence-electron chi connectivity index (χ2n) is 6.20. The highest BCUT2D eigenvalue weighted by Crippen LogP contribution is 2.12. The Bertz CT molecular complexity index is 302. The van der Waals surface area contributed by atoms with Gasteiger partial charge < -0.3 is 5.32 Å². The van der Waals surface area contributed by atoms with Gasteiger partial charge in [-0.1, -0.05) is 90.4 Å². The van der Waals surface area contributed by atoms with Gasteiger partial charge in [-0.3, -0.25) is 4.55 Å². The van der Waals surface area contributed by atoms with Gasteiger partial charge >= 0.3 is 6.03 Å². The Morgan fingerprint density at radius 1 is 0.783 bits per heavy atom. The Labute approximate surface area is 144 Å². The van der Waals surface area contributed by atoms with Crippen LogP contribution in [0, 0.1) is 0 Å². The Morgan fingerprint density at radius 2 is 1.17 bits per heavy atom. The van der Waals surface area contributed by atoms with Gasteiger partial charge in [-0.25, -0.2) is 13.7 Å². The maximum atomic E-state index is 11.0. The average Bonchev–Trinajstić information content (AvgIpc) is 2.50. The van der Waals surface area contributed by atoms with E-state index in [-0.39, 0.29) is 0 Å². The Kier molecular flexibility index (Phi) is 17.3. The molecule has 0 aliphatic carbocycles. The number of carbonyl (C=O) groups excluding carboxylic acids is 1. The minimum Gasteiger partial charge on any atom is -0.337 e. The van der Waals surface area contributed by atoms with Crippen LogP contribution < -0.4 is 10.0 Å². The molecule has 6 heteroatoms. The summed E-state index contributed by atoms with van der Waals surface area (Å²) in [6.07, 6.45) is 18.2. The number of carbonyl (C=O) groups is 1. The van der Waals surface area contributed by atoms with Crippen LogP contribution in [-0.4, -0.2) is 21.3 Å². The number of hydrogen-bond donors (Lipinski definition) is 3. The van der Waals surface area contributed by atoms with Crippen molar-refractivity contribution in [2.24, 2.45) is 0 Å². The van der Waals surface area contributed by atoms with Crippen molar-refractivity contribution in [1.29, 1.82) is 0 Å². The van der Waals surface area contributed by atoms with E-state index in [0.29, 0.717) is 6.54 Å². The molecular weight excluding hydrogens is 312 g/mol. The second kappa shape index (κ2) is 17.7. The first-order valence-electron chi connectivity index (χ1n) is 9.32. The summed E-state index contributed by atoms with van der Waals surface area (Å²) >= 11 is -2.28. The van der Waals surface area contributed by atoms with Crippen LogP contribution in [0.3, 0.4) is 0 Å². The molecule has 1 atom stereocenters. The fourth-order valence-corrected chi connectivity index (χ4v) is 2.87. The molecule has 0 bridgehead atoms. The molecule has 0 aromatic heterocycles. The first kappa shape index (κ1) is 22.4. The molecule has 3 N–H and O–H groups in total. The number of nitrogens with one attached hydrogen (secondary N) is 2. The largest absolute Gasteiger partial charge is 0.337 e. The van der Waals surface area contributed by atoms with Crippen molar-refractivity contribution in [3.8, 4) is 0 Å². The van der Waals surface area contributed by atoms with E-state index in [0.717, 1.165) is 12.8 Å². The first-order valence-corrected chi connectivity index (χ1v) is 10.4. The summed E-state index contributed by atoms with van der Waals surface area (Å²) in [5.41, 5.74) is 0. The van der Waals surface area contributed by atoms with Gasteiger partial charge in [0.15, 0.2) is 0 Å². The van der Waals surface area contributed by atoms with Crippen LogP contribution in [0.1, 0.15) is 96.8 Å². The molecule has 0 aromatic rings. The molecule has 0 rings (SSSR count). The van der Waals surface area contributed by atoms with Crippen LogP contribution in [0.2, 0.25) is 0 Å². The van der Waals surface area contributed by atoms with Gasteiger partial charge in [0.1, 0.15) is 0 Å². The van der Waals surface area contributed by atoms with Crippen molar-refractivity contribution in [3.05, 3.63) is 0 Å². The highest BCUT2D eigenvalue weighted by molar-refractivity contribution is 7.77. The van der Waals surface area contributed by atoms with E-state index in [1.807, 2.05) is 4.72 Å². The van der Waals surface area contributed by atoms with Crippen molar-refractivity contribution in [3.63, 3.8) is 0 Å². The molecule has 5 nitrogen and oxygen atoms in total.